The molecule has 0 fully saturated rings. The highest BCUT2D eigenvalue weighted by Gasteiger charge is 2.15. The normalized spacial score (nSPS) is 11.9. The van der Waals surface area contributed by atoms with Crippen molar-refractivity contribution < 1.29 is 14.3 Å². The van der Waals surface area contributed by atoms with E-state index in [1.807, 2.05) is 18.2 Å². The molecule has 0 bridgehead atoms. The number of esters is 1. The van der Waals surface area contributed by atoms with Crippen LogP contribution in [0.1, 0.15) is 17.3 Å². The van der Waals surface area contributed by atoms with E-state index in [0.29, 0.717) is 11.3 Å². The summed E-state index contributed by atoms with van der Waals surface area (Å²) in [6.07, 6.45) is 0. The van der Waals surface area contributed by atoms with E-state index < -0.39 is 0 Å². The molecule has 0 amide bonds. The van der Waals surface area contributed by atoms with E-state index in [1.165, 1.54) is 7.11 Å². The summed E-state index contributed by atoms with van der Waals surface area (Å²) >= 11 is 1.14. The van der Waals surface area contributed by atoms with Gasteiger partial charge in [0.15, 0.2) is 0 Å². The van der Waals surface area contributed by atoms with Gasteiger partial charge >= 0.3 is 5.97 Å². The molecule has 0 N–H and O–H groups in total. The predicted molar refractivity (Wildman–Crippen MR) is 64.4 cm³/mol. The zero-order valence-corrected chi connectivity index (χ0v) is 10.1. The zero-order chi connectivity index (χ0) is 12.0. The van der Waals surface area contributed by atoms with Crippen molar-refractivity contribution in [2.24, 2.45) is 5.92 Å². The molecule has 16 heavy (non-hydrogen) atoms. The van der Waals surface area contributed by atoms with Crippen LogP contribution in [0, 0.1) is 5.92 Å². The van der Waals surface area contributed by atoms with Gasteiger partial charge in [-0.1, -0.05) is 49.0 Å². The molecule has 4 heteroatoms. The van der Waals surface area contributed by atoms with Crippen LogP contribution < -0.4 is 0 Å². The van der Waals surface area contributed by atoms with Crippen LogP contribution in [-0.2, 0) is 9.53 Å². The molecule has 1 atom stereocenters. The second-order valence-corrected chi connectivity index (χ2v) is 4.38. The van der Waals surface area contributed by atoms with Crippen molar-refractivity contribution >= 4 is 22.8 Å². The minimum atomic E-state index is -0.284. The van der Waals surface area contributed by atoms with Crippen LogP contribution in [0.5, 0.6) is 0 Å². The number of rotatable bonds is 4. The fourth-order valence-corrected chi connectivity index (χ4v) is 1.97. The van der Waals surface area contributed by atoms with Gasteiger partial charge in [0.1, 0.15) is 0 Å². The van der Waals surface area contributed by atoms with Crippen molar-refractivity contribution in [3.63, 3.8) is 0 Å². The van der Waals surface area contributed by atoms with Gasteiger partial charge in [0.25, 0.3) is 0 Å². The Morgan fingerprint density at radius 1 is 1.31 bits per heavy atom. The van der Waals surface area contributed by atoms with Crippen molar-refractivity contribution in [3.05, 3.63) is 35.9 Å². The first-order valence-electron chi connectivity index (χ1n) is 4.95. The van der Waals surface area contributed by atoms with Crippen molar-refractivity contribution in [1.29, 1.82) is 0 Å². The summed E-state index contributed by atoms with van der Waals surface area (Å²) in [4.78, 5) is 22.8. The molecule has 0 heterocycles. The van der Waals surface area contributed by atoms with Gasteiger partial charge in [-0.2, -0.15) is 0 Å². The Balaban J connectivity index is 2.45. The Morgan fingerprint density at radius 2 is 1.94 bits per heavy atom. The average molecular weight is 238 g/mol. The molecule has 0 aliphatic carbocycles. The molecule has 0 aliphatic rings. The molecule has 0 saturated carbocycles. The highest BCUT2D eigenvalue weighted by Crippen LogP contribution is 2.16. The van der Waals surface area contributed by atoms with E-state index in [2.05, 4.69) is 4.74 Å². The van der Waals surface area contributed by atoms with E-state index >= 15 is 0 Å². The van der Waals surface area contributed by atoms with Crippen molar-refractivity contribution in [2.45, 2.75) is 6.92 Å². The van der Waals surface area contributed by atoms with Crippen LogP contribution in [0.3, 0.4) is 0 Å². The molecule has 86 valence electrons. The molecule has 1 aromatic carbocycles. The standard InChI is InChI=1S/C12H14O3S/c1-9(11(13)15-2)8-16-12(14)10-6-4-3-5-7-10/h3-7,9H,8H2,1-2H3/t9-/m1/s1. The van der Waals surface area contributed by atoms with Crippen molar-refractivity contribution in [2.75, 3.05) is 12.9 Å². The monoisotopic (exact) mass is 238 g/mol. The number of hydrogen-bond acceptors (Lipinski definition) is 4. The molecule has 0 unspecified atom stereocenters. The highest BCUT2D eigenvalue weighted by atomic mass is 32.2. The van der Waals surface area contributed by atoms with E-state index in [1.54, 1.807) is 19.1 Å². The van der Waals surface area contributed by atoms with Crippen LogP contribution in [0.2, 0.25) is 0 Å². The van der Waals surface area contributed by atoms with E-state index in [-0.39, 0.29) is 17.0 Å². The van der Waals surface area contributed by atoms with Gasteiger partial charge in [0.05, 0.1) is 13.0 Å². The number of hydrogen-bond donors (Lipinski definition) is 0. The molecule has 1 rings (SSSR count). The lowest BCUT2D eigenvalue weighted by atomic mass is 10.2. The number of benzene rings is 1. The first-order valence-corrected chi connectivity index (χ1v) is 5.93. The van der Waals surface area contributed by atoms with Gasteiger partial charge in [-0.05, 0) is 0 Å². The molecule has 0 aliphatic heterocycles. The maximum atomic E-state index is 11.7. The quantitative estimate of drug-likeness (QED) is 0.755. The summed E-state index contributed by atoms with van der Waals surface area (Å²) in [6.45, 7) is 1.75. The number of carbonyl (C=O) groups excluding carboxylic acids is 2. The van der Waals surface area contributed by atoms with Gasteiger partial charge < -0.3 is 4.74 Å². The Labute approximate surface area is 99.2 Å². The fraction of sp³-hybridized carbons (Fsp3) is 0.333. The first kappa shape index (κ1) is 12.8. The maximum absolute atomic E-state index is 11.7. The van der Waals surface area contributed by atoms with E-state index in [4.69, 9.17) is 0 Å². The van der Waals surface area contributed by atoms with E-state index in [0.717, 1.165) is 11.8 Å². The molecule has 0 aromatic heterocycles. The minimum Gasteiger partial charge on any atom is -0.469 e. The lowest BCUT2D eigenvalue weighted by Crippen LogP contribution is -2.15. The average Bonchev–Trinajstić information content (AvgIpc) is 2.35. The van der Waals surface area contributed by atoms with Crippen LogP contribution in [-0.4, -0.2) is 23.9 Å². The summed E-state index contributed by atoms with van der Waals surface area (Å²) in [5.74, 6) is -0.101. The van der Waals surface area contributed by atoms with E-state index in [9.17, 15) is 9.59 Å². The molecular formula is C12H14O3S. The van der Waals surface area contributed by atoms with Crippen LogP contribution >= 0.6 is 11.8 Å². The maximum Gasteiger partial charge on any atom is 0.309 e. The van der Waals surface area contributed by atoms with Gasteiger partial charge in [-0.25, -0.2) is 0 Å². The topological polar surface area (TPSA) is 43.4 Å². The zero-order valence-electron chi connectivity index (χ0n) is 9.30. The molecule has 0 spiro atoms. The summed E-state index contributed by atoms with van der Waals surface area (Å²) in [5.41, 5.74) is 0.657. The Hall–Kier alpha value is -1.29. The van der Waals surface area contributed by atoms with Gasteiger partial charge in [0, 0.05) is 11.3 Å². The largest absolute Gasteiger partial charge is 0.469 e. The van der Waals surface area contributed by atoms with Crippen molar-refractivity contribution in [1.82, 2.24) is 0 Å². The summed E-state index contributed by atoms with van der Waals surface area (Å²) in [6, 6.07) is 9.02. The van der Waals surface area contributed by atoms with Crippen LogP contribution in [0.25, 0.3) is 0 Å². The Bertz CT molecular complexity index is 362. The Kier molecular flexibility index (Phi) is 5.05. The lowest BCUT2D eigenvalue weighted by Gasteiger charge is -2.07. The number of thioether (sulfide) groups is 1. The van der Waals surface area contributed by atoms with Gasteiger partial charge in [-0.3, -0.25) is 9.59 Å². The van der Waals surface area contributed by atoms with Crippen LogP contribution in [0.4, 0.5) is 0 Å². The third-order valence-electron chi connectivity index (χ3n) is 2.08. The number of carbonyl (C=O) groups is 2. The molecule has 1 aromatic rings. The Morgan fingerprint density at radius 3 is 2.50 bits per heavy atom. The lowest BCUT2D eigenvalue weighted by molar-refractivity contribution is -0.143. The minimum absolute atomic E-state index is 0.0173. The van der Waals surface area contributed by atoms with Gasteiger partial charge in [-0.15, -0.1) is 0 Å². The smallest absolute Gasteiger partial charge is 0.309 e. The van der Waals surface area contributed by atoms with Crippen molar-refractivity contribution in [3.8, 4) is 0 Å². The highest BCUT2D eigenvalue weighted by molar-refractivity contribution is 8.14. The summed E-state index contributed by atoms with van der Waals surface area (Å²) in [5, 5.41) is -0.0173. The second-order valence-electron chi connectivity index (χ2n) is 3.39. The van der Waals surface area contributed by atoms with Gasteiger partial charge in [0.2, 0.25) is 5.12 Å². The number of ether oxygens (including phenoxy) is 1. The molecule has 3 nitrogen and oxygen atoms in total. The third kappa shape index (κ3) is 3.70. The predicted octanol–water partition coefficient (Wildman–Crippen LogP) is 2.37. The van der Waals surface area contributed by atoms with Crippen LogP contribution in [0.15, 0.2) is 30.3 Å². The fourth-order valence-electron chi connectivity index (χ4n) is 1.13. The number of methoxy groups -OCH3 is 1. The first-order chi connectivity index (χ1) is 7.65. The summed E-state index contributed by atoms with van der Waals surface area (Å²) in [7, 11) is 1.35. The third-order valence-corrected chi connectivity index (χ3v) is 3.24. The molecular weight excluding hydrogens is 224 g/mol. The molecule has 0 saturated heterocycles. The molecule has 0 radical (unpaired) electrons. The second kappa shape index (κ2) is 6.33. The summed E-state index contributed by atoms with van der Waals surface area (Å²) < 4.78 is 4.59. The SMILES string of the molecule is COC(=O)[C@H](C)CSC(=O)c1ccccc1.